The Morgan fingerprint density at radius 2 is 1.63 bits per heavy atom. The number of anilines is 1. The lowest BCUT2D eigenvalue weighted by Crippen LogP contribution is -2.28. The fourth-order valence-corrected chi connectivity index (χ4v) is 4.12. The molecule has 10 heteroatoms. The lowest BCUT2D eigenvalue weighted by atomic mass is 10.2. The van der Waals surface area contributed by atoms with Gasteiger partial charge in [0.25, 0.3) is 10.1 Å². The monoisotopic (exact) mass is 479 g/mol. The Kier molecular flexibility index (Phi) is 13.2. The molecule has 1 unspecified atom stereocenters. The number of terminal acetylenes is 1. The second-order valence-electron chi connectivity index (χ2n) is 5.39. The minimum atomic E-state index is -4.12. The van der Waals surface area contributed by atoms with Crippen LogP contribution in [0.25, 0.3) is 0 Å². The molecule has 0 aliphatic rings. The number of hydrogen-bond donors (Lipinski definition) is 1. The normalized spacial score (nSPS) is 11.3. The molecule has 30 heavy (non-hydrogen) atoms. The number of hydrogen-bond acceptors (Lipinski definition) is 3. The Hall–Kier alpha value is -1.99. The summed E-state index contributed by atoms with van der Waals surface area (Å²) >= 11 is 5.80. The third kappa shape index (κ3) is 9.67. The zero-order chi connectivity index (χ0) is 23.3. The summed E-state index contributed by atoms with van der Waals surface area (Å²) in [4.78, 5) is 0.327. The van der Waals surface area contributed by atoms with Crippen molar-refractivity contribution in [3.63, 3.8) is 0 Å². The molecule has 0 amide bonds. The second-order valence-corrected chi connectivity index (χ2v) is 8.81. The maximum absolute atomic E-state index is 14.2. The molecule has 0 heterocycles. The summed E-state index contributed by atoms with van der Waals surface area (Å²) < 4.78 is 72.1. The predicted octanol–water partition coefficient (Wildman–Crippen LogP) is 5.09. The molecule has 2 aromatic carbocycles. The molecular weight excluding hydrogens is 456 g/mol. The summed E-state index contributed by atoms with van der Waals surface area (Å²) in [5.41, 5.74) is -0.204. The van der Waals surface area contributed by atoms with Gasteiger partial charge in [-0.15, -0.1) is 12.8 Å². The van der Waals surface area contributed by atoms with Gasteiger partial charge in [-0.05, 0) is 49.2 Å². The van der Waals surface area contributed by atoms with E-state index in [9.17, 15) is 21.4 Å². The highest BCUT2D eigenvalue weighted by Crippen LogP contribution is 2.26. The van der Waals surface area contributed by atoms with Crippen LogP contribution in [0.5, 0.6) is 0 Å². The molecule has 2 aromatic rings. The Balaban J connectivity index is 0.00000198. The van der Waals surface area contributed by atoms with Crippen molar-refractivity contribution in [2.24, 2.45) is 0 Å². The summed E-state index contributed by atoms with van der Waals surface area (Å²) in [6, 6.07) is 8.84. The summed E-state index contributed by atoms with van der Waals surface area (Å²) in [6.45, 7) is 3.99. The van der Waals surface area contributed by atoms with E-state index < -0.39 is 38.5 Å². The van der Waals surface area contributed by atoms with Gasteiger partial charge in [-0.25, -0.2) is 13.0 Å². The first-order valence-electron chi connectivity index (χ1n) is 8.86. The van der Waals surface area contributed by atoms with E-state index in [1.165, 1.54) is 24.3 Å². The van der Waals surface area contributed by atoms with Gasteiger partial charge in [0, 0.05) is 17.6 Å². The fourth-order valence-electron chi connectivity index (χ4n) is 2.19. The third-order valence-corrected chi connectivity index (χ3v) is 5.92. The van der Waals surface area contributed by atoms with Gasteiger partial charge in [0.2, 0.25) is 0 Å². The number of unbranched alkanes of at least 4 members (excludes halogenated alkanes) is 1. The van der Waals surface area contributed by atoms with Crippen LogP contribution in [-0.2, 0) is 21.1 Å². The van der Waals surface area contributed by atoms with Crippen molar-refractivity contribution in [1.29, 1.82) is 0 Å². The van der Waals surface area contributed by atoms with Crippen molar-refractivity contribution in [1.82, 2.24) is 0 Å². The molecule has 0 saturated heterocycles. The van der Waals surface area contributed by atoms with Gasteiger partial charge in [0.1, 0.15) is 11.6 Å². The molecular formula is C20H24ClF2NO4S2. The molecule has 5 nitrogen and oxygen atoms in total. The first kappa shape index (κ1) is 28.0. The summed E-state index contributed by atoms with van der Waals surface area (Å²) in [5.74, 6) is -1.93. The molecule has 166 valence electrons. The van der Waals surface area contributed by atoms with Gasteiger partial charge < -0.3 is 0 Å². The standard InChI is InChI=1S/C16H16ClF2NO4S2.C2H6.C2H2/c17-12-3-6-14(7-4-12)25(21)20(9-1-2-10-26(22,23)24)16-11-13(18)5-8-15(16)19;2*1-2/h3-8,11H,1-2,9-10H2,(H,22,23,24);1-2H3;1-2H. The van der Waals surface area contributed by atoms with E-state index in [-0.39, 0.29) is 25.1 Å². The fraction of sp³-hybridized carbons (Fsp3) is 0.300. The molecule has 0 aliphatic carbocycles. The van der Waals surface area contributed by atoms with Crippen molar-refractivity contribution in [2.75, 3.05) is 16.6 Å². The van der Waals surface area contributed by atoms with Crippen LogP contribution in [0, 0.1) is 24.5 Å². The molecule has 0 saturated carbocycles. The van der Waals surface area contributed by atoms with Crippen LogP contribution in [0.4, 0.5) is 14.5 Å². The number of rotatable bonds is 8. The van der Waals surface area contributed by atoms with Crippen LogP contribution in [0.15, 0.2) is 47.4 Å². The maximum Gasteiger partial charge on any atom is 0.264 e. The van der Waals surface area contributed by atoms with E-state index >= 15 is 0 Å². The third-order valence-electron chi connectivity index (χ3n) is 3.41. The van der Waals surface area contributed by atoms with Gasteiger partial charge in [-0.2, -0.15) is 8.42 Å². The largest absolute Gasteiger partial charge is 0.286 e. The Morgan fingerprint density at radius 3 is 2.17 bits per heavy atom. The van der Waals surface area contributed by atoms with Crippen LogP contribution in [0.1, 0.15) is 26.7 Å². The van der Waals surface area contributed by atoms with Crippen molar-refractivity contribution in [2.45, 2.75) is 31.6 Å². The van der Waals surface area contributed by atoms with E-state index in [1.54, 1.807) is 0 Å². The van der Waals surface area contributed by atoms with Crippen LogP contribution in [-0.4, -0.2) is 29.5 Å². The van der Waals surface area contributed by atoms with E-state index in [2.05, 4.69) is 12.8 Å². The topological polar surface area (TPSA) is 74.7 Å². The highest BCUT2D eigenvalue weighted by molar-refractivity contribution is 7.86. The van der Waals surface area contributed by atoms with Crippen LogP contribution >= 0.6 is 11.6 Å². The summed E-state index contributed by atoms with van der Waals surface area (Å²) in [7, 11) is -5.99. The van der Waals surface area contributed by atoms with Crippen molar-refractivity contribution < 1.29 is 26.0 Å². The lowest BCUT2D eigenvalue weighted by molar-refractivity contribution is 0.480. The highest BCUT2D eigenvalue weighted by Gasteiger charge is 2.20. The average Bonchev–Trinajstić information content (AvgIpc) is 2.72. The van der Waals surface area contributed by atoms with Gasteiger partial charge in [0.15, 0.2) is 11.0 Å². The van der Waals surface area contributed by atoms with Crippen molar-refractivity contribution in [3.05, 3.63) is 59.1 Å². The minimum absolute atomic E-state index is 0.00880. The highest BCUT2D eigenvalue weighted by atomic mass is 35.5. The Labute approximate surface area is 184 Å². The number of benzene rings is 2. The molecule has 0 radical (unpaired) electrons. The summed E-state index contributed by atoms with van der Waals surface area (Å²) in [6.07, 6.45) is 8.26. The number of halogens is 3. The lowest BCUT2D eigenvalue weighted by Gasteiger charge is -2.24. The molecule has 0 aliphatic heterocycles. The van der Waals surface area contributed by atoms with Crippen LogP contribution < -0.4 is 4.31 Å². The predicted molar refractivity (Wildman–Crippen MR) is 118 cm³/mol. The van der Waals surface area contributed by atoms with E-state index in [0.29, 0.717) is 9.92 Å². The zero-order valence-electron chi connectivity index (χ0n) is 16.6. The van der Waals surface area contributed by atoms with Crippen molar-refractivity contribution in [3.8, 4) is 12.8 Å². The van der Waals surface area contributed by atoms with E-state index in [1.807, 2.05) is 13.8 Å². The van der Waals surface area contributed by atoms with Crippen molar-refractivity contribution >= 4 is 38.4 Å². The summed E-state index contributed by atoms with van der Waals surface area (Å²) in [5, 5.41) is 0.433. The van der Waals surface area contributed by atoms with E-state index in [0.717, 1.165) is 22.5 Å². The minimum Gasteiger partial charge on any atom is -0.286 e. The van der Waals surface area contributed by atoms with Gasteiger partial charge in [0.05, 0.1) is 16.3 Å². The van der Waals surface area contributed by atoms with Crippen LogP contribution in [0.3, 0.4) is 0 Å². The van der Waals surface area contributed by atoms with Gasteiger partial charge in [-0.3, -0.25) is 8.86 Å². The number of nitrogens with zero attached hydrogens (tertiary/aromatic N) is 1. The van der Waals surface area contributed by atoms with Gasteiger partial charge >= 0.3 is 0 Å². The first-order valence-corrected chi connectivity index (χ1v) is 12.0. The molecule has 0 spiro atoms. The molecule has 1 atom stereocenters. The first-order chi connectivity index (χ1) is 14.2. The molecule has 0 fully saturated rings. The molecule has 0 aromatic heterocycles. The molecule has 2 rings (SSSR count). The quantitative estimate of drug-likeness (QED) is 0.325. The zero-order valence-corrected chi connectivity index (χ0v) is 19.0. The Bertz CT molecular complexity index is 936. The molecule has 1 N–H and O–H groups in total. The average molecular weight is 480 g/mol. The Morgan fingerprint density at radius 1 is 1.07 bits per heavy atom. The maximum atomic E-state index is 14.2. The molecule has 0 bridgehead atoms. The van der Waals surface area contributed by atoms with Crippen LogP contribution in [0.2, 0.25) is 5.02 Å². The smallest absolute Gasteiger partial charge is 0.264 e. The van der Waals surface area contributed by atoms with Gasteiger partial charge in [-0.1, -0.05) is 25.4 Å². The second kappa shape index (κ2) is 14.1. The van der Waals surface area contributed by atoms with E-state index in [4.69, 9.17) is 16.2 Å². The SMILES string of the molecule is C#C.CC.O=S(c1ccc(Cl)cc1)N(CCCCS(=O)(=O)O)c1cc(F)ccc1F.